The van der Waals surface area contributed by atoms with Crippen LogP contribution in [0.2, 0.25) is 5.02 Å². The second kappa shape index (κ2) is 6.07. The second-order valence-corrected chi connectivity index (χ2v) is 3.92. The van der Waals surface area contributed by atoms with Crippen LogP contribution in [0.25, 0.3) is 0 Å². The SMILES string of the molecule is Nc1ncc(Cl)c(NCCOc2ccccc2)n1. The van der Waals surface area contributed by atoms with E-state index in [-0.39, 0.29) is 5.95 Å². The number of benzene rings is 1. The molecule has 0 amide bonds. The normalized spacial score (nSPS) is 10.1. The number of nitrogens with one attached hydrogen (secondary N) is 1. The van der Waals surface area contributed by atoms with Crippen LogP contribution in [-0.4, -0.2) is 23.1 Å². The Hall–Kier alpha value is -2.01. The molecule has 0 atom stereocenters. The molecule has 6 heteroatoms. The highest BCUT2D eigenvalue weighted by Gasteiger charge is 2.02. The van der Waals surface area contributed by atoms with Crippen LogP contribution in [-0.2, 0) is 0 Å². The zero-order chi connectivity index (χ0) is 12.8. The van der Waals surface area contributed by atoms with Crippen LogP contribution in [0.1, 0.15) is 0 Å². The van der Waals surface area contributed by atoms with Crippen LogP contribution in [0, 0.1) is 0 Å². The zero-order valence-electron chi connectivity index (χ0n) is 9.64. The lowest BCUT2D eigenvalue weighted by atomic mass is 10.3. The van der Waals surface area contributed by atoms with E-state index >= 15 is 0 Å². The number of para-hydroxylation sites is 1. The highest BCUT2D eigenvalue weighted by Crippen LogP contribution is 2.17. The molecule has 0 aliphatic rings. The topological polar surface area (TPSA) is 73.1 Å². The molecule has 1 aromatic carbocycles. The van der Waals surface area contributed by atoms with Crippen molar-refractivity contribution >= 4 is 23.4 Å². The smallest absolute Gasteiger partial charge is 0.222 e. The molecule has 0 aliphatic heterocycles. The zero-order valence-corrected chi connectivity index (χ0v) is 10.4. The van der Waals surface area contributed by atoms with Crippen molar-refractivity contribution in [1.82, 2.24) is 9.97 Å². The van der Waals surface area contributed by atoms with Gasteiger partial charge in [0.05, 0.1) is 12.7 Å². The van der Waals surface area contributed by atoms with Crippen molar-refractivity contribution in [2.24, 2.45) is 0 Å². The molecule has 0 saturated carbocycles. The van der Waals surface area contributed by atoms with E-state index in [4.69, 9.17) is 22.1 Å². The molecule has 2 rings (SSSR count). The third-order valence-electron chi connectivity index (χ3n) is 2.17. The van der Waals surface area contributed by atoms with Crippen molar-refractivity contribution in [2.75, 3.05) is 24.2 Å². The van der Waals surface area contributed by atoms with Gasteiger partial charge >= 0.3 is 0 Å². The van der Waals surface area contributed by atoms with Gasteiger partial charge in [-0.1, -0.05) is 29.8 Å². The molecule has 0 fully saturated rings. The quantitative estimate of drug-likeness (QED) is 0.810. The number of aromatic nitrogens is 2. The second-order valence-electron chi connectivity index (χ2n) is 3.51. The van der Waals surface area contributed by atoms with Gasteiger partial charge in [0, 0.05) is 0 Å². The molecule has 0 aliphatic carbocycles. The molecule has 0 radical (unpaired) electrons. The van der Waals surface area contributed by atoms with Gasteiger partial charge < -0.3 is 15.8 Å². The third-order valence-corrected chi connectivity index (χ3v) is 2.45. The molecule has 18 heavy (non-hydrogen) atoms. The number of nitrogens with zero attached hydrogens (tertiary/aromatic N) is 2. The Bertz CT molecular complexity index is 507. The van der Waals surface area contributed by atoms with E-state index in [0.29, 0.717) is 24.0 Å². The molecule has 0 unspecified atom stereocenters. The number of hydrogen-bond acceptors (Lipinski definition) is 5. The Morgan fingerprint density at radius 2 is 2.06 bits per heavy atom. The Morgan fingerprint density at radius 1 is 1.28 bits per heavy atom. The van der Waals surface area contributed by atoms with Gasteiger partial charge in [-0.05, 0) is 12.1 Å². The average Bonchev–Trinajstić information content (AvgIpc) is 2.40. The van der Waals surface area contributed by atoms with E-state index in [1.807, 2.05) is 30.3 Å². The minimum atomic E-state index is 0.186. The molecule has 94 valence electrons. The molecule has 1 heterocycles. The Morgan fingerprint density at radius 3 is 2.83 bits per heavy atom. The standard InChI is InChI=1S/C12H13ClN4O/c13-10-8-16-12(14)17-11(10)15-6-7-18-9-4-2-1-3-5-9/h1-5,8H,6-7H2,(H3,14,15,16,17). The summed E-state index contributed by atoms with van der Waals surface area (Å²) in [7, 11) is 0. The lowest BCUT2D eigenvalue weighted by Gasteiger charge is -2.09. The van der Waals surface area contributed by atoms with Gasteiger partial charge in [0.15, 0.2) is 5.82 Å². The van der Waals surface area contributed by atoms with Gasteiger partial charge in [-0.2, -0.15) is 4.98 Å². The summed E-state index contributed by atoms with van der Waals surface area (Å²) in [4.78, 5) is 7.76. The maximum absolute atomic E-state index is 5.91. The molecule has 5 nitrogen and oxygen atoms in total. The fraction of sp³-hybridized carbons (Fsp3) is 0.167. The summed E-state index contributed by atoms with van der Waals surface area (Å²) in [6, 6.07) is 9.58. The Kier molecular flexibility index (Phi) is 4.20. The fourth-order valence-electron chi connectivity index (χ4n) is 1.36. The first-order valence-electron chi connectivity index (χ1n) is 5.45. The predicted molar refractivity (Wildman–Crippen MR) is 71.9 cm³/mol. The van der Waals surface area contributed by atoms with Crippen LogP contribution in [0.3, 0.4) is 0 Å². The maximum Gasteiger partial charge on any atom is 0.222 e. The van der Waals surface area contributed by atoms with E-state index in [1.54, 1.807) is 0 Å². The number of nitrogens with two attached hydrogens (primary N) is 1. The fourth-order valence-corrected chi connectivity index (χ4v) is 1.52. The molecule has 0 saturated heterocycles. The van der Waals surface area contributed by atoms with Gasteiger partial charge in [0.1, 0.15) is 17.4 Å². The van der Waals surface area contributed by atoms with E-state index in [9.17, 15) is 0 Å². The Labute approximate surface area is 110 Å². The molecule has 0 bridgehead atoms. The summed E-state index contributed by atoms with van der Waals surface area (Å²) in [5.74, 6) is 1.53. The number of hydrogen-bond donors (Lipinski definition) is 2. The van der Waals surface area contributed by atoms with Gasteiger partial charge in [0.25, 0.3) is 0 Å². The van der Waals surface area contributed by atoms with E-state index < -0.39 is 0 Å². The lowest BCUT2D eigenvalue weighted by Crippen LogP contribution is -2.13. The Balaban J connectivity index is 1.80. The van der Waals surface area contributed by atoms with E-state index in [0.717, 1.165) is 5.75 Å². The molecular formula is C12H13ClN4O. The van der Waals surface area contributed by atoms with Crippen molar-refractivity contribution in [1.29, 1.82) is 0 Å². The van der Waals surface area contributed by atoms with Crippen molar-refractivity contribution in [2.45, 2.75) is 0 Å². The average molecular weight is 265 g/mol. The molecule has 2 aromatic rings. The van der Waals surface area contributed by atoms with E-state index in [2.05, 4.69) is 15.3 Å². The van der Waals surface area contributed by atoms with E-state index in [1.165, 1.54) is 6.20 Å². The van der Waals surface area contributed by atoms with Crippen molar-refractivity contribution in [3.05, 3.63) is 41.6 Å². The molecule has 1 aromatic heterocycles. The summed E-state index contributed by atoms with van der Waals surface area (Å²) < 4.78 is 5.52. The molecular weight excluding hydrogens is 252 g/mol. The van der Waals surface area contributed by atoms with Gasteiger partial charge in [-0.15, -0.1) is 0 Å². The monoisotopic (exact) mass is 264 g/mol. The first kappa shape index (κ1) is 12.4. The van der Waals surface area contributed by atoms with Crippen LogP contribution in [0.4, 0.5) is 11.8 Å². The van der Waals surface area contributed by atoms with Gasteiger partial charge in [-0.3, -0.25) is 0 Å². The largest absolute Gasteiger partial charge is 0.492 e. The minimum Gasteiger partial charge on any atom is -0.492 e. The van der Waals surface area contributed by atoms with Crippen LogP contribution in [0.5, 0.6) is 5.75 Å². The number of nitrogen functional groups attached to an aromatic ring is 1. The van der Waals surface area contributed by atoms with Crippen molar-refractivity contribution in [3.63, 3.8) is 0 Å². The maximum atomic E-state index is 5.91. The first-order chi connectivity index (χ1) is 8.75. The number of anilines is 2. The number of rotatable bonds is 5. The van der Waals surface area contributed by atoms with Crippen LogP contribution in [0.15, 0.2) is 36.5 Å². The van der Waals surface area contributed by atoms with Crippen molar-refractivity contribution in [3.8, 4) is 5.75 Å². The minimum absolute atomic E-state index is 0.186. The van der Waals surface area contributed by atoms with Gasteiger partial charge in [-0.25, -0.2) is 4.98 Å². The molecule has 3 N–H and O–H groups in total. The van der Waals surface area contributed by atoms with Crippen molar-refractivity contribution < 1.29 is 4.74 Å². The summed E-state index contributed by atoms with van der Waals surface area (Å²) in [5, 5.41) is 3.47. The van der Waals surface area contributed by atoms with Crippen LogP contribution < -0.4 is 15.8 Å². The third kappa shape index (κ3) is 3.49. The predicted octanol–water partition coefficient (Wildman–Crippen LogP) is 2.20. The summed E-state index contributed by atoms with van der Waals surface area (Å²) >= 11 is 5.91. The first-order valence-corrected chi connectivity index (χ1v) is 5.83. The molecule has 0 spiro atoms. The highest BCUT2D eigenvalue weighted by atomic mass is 35.5. The lowest BCUT2D eigenvalue weighted by molar-refractivity contribution is 0.333. The number of ether oxygens (including phenoxy) is 1. The summed E-state index contributed by atoms with van der Waals surface area (Å²) in [6.07, 6.45) is 1.46. The summed E-state index contributed by atoms with van der Waals surface area (Å²) in [5.41, 5.74) is 5.47. The number of halogens is 1. The van der Waals surface area contributed by atoms with Crippen LogP contribution >= 0.6 is 11.6 Å². The van der Waals surface area contributed by atoms with Gasteiger partial charge in [0.2, 0.25) is 5.95 Å². The summed E-state index contributed by atoms with van der Waals surface area (Å²) in [6.45, 7) is 1.08. The highest BCUT2D eigenvalue weighted by molar-refractivity contribution is 6.32.